The van der Waals surface area contributed by atoms with E-state index in [1.165, 1.54) is 0 Å². The van der Waals surface area contributed by atoms with Gasteiger partial charge in [-0.05, 0) is 40.3 Å². The Morgan fingerprint density at radius 3 is 2.84 bits per heavy atom. The Labute approximate surface area is 126 Å². The number of nitrogens with two attached hydrogens (primary N) is 1. The van der Waals surface area contributed by atoms with Gasteiger partial charge in [-0.3, -0.25) is 9.88 Å². The zero-order valence-corrected chi connectivity index (χ0v) is 12.9. The predicted molar refractivity (Wildman–Crippen MR) is 81.7 cm³/mol. The summed E-state index contributed by atoms with van der Waals surface area (Å²) >= 11 is 8.34. The molecule has 2 rings (SSSR count). The van der Waals surface area contributed by atoms with Crippen LogP contribution in [0.25, 0.3) is 0 Å². The molecular weight excluding hydrogens is 328 g/mol. The molecule has 1 atom stereocenters. The molecule has 0 aromatic carbocycles. The Kier molecular flexibility index (Phi) is 5.50. The molecule has 1 saturated heterocycles. The quantitative estimate of drug-likeness (QED) is 0.790. The second-order valence-corrected chi connectivity index (χ2v) is 5.70. The van der Waals surface area contributed by atoms with Crippen molar-refractivity contribution in [2.75, 3.05) is 26.3 Å². The van der Waals surface area contributed by atoms with E-state index in [0.717, 1.165) is 42.9 Å². The second-order valence-electron chi connectivity index (χ2n) is 4.34. The van der Waals surface area contributed by atoms with Gasteiger partial charge in [-0.15, -0.1) is 0 Å². The van der Waals surface area contributed by atoms with Gasteiger partial charge in [0.05, 0.1) is 19.4 Å². The molecule has 0 amide bonds. The minimum absolute atomic E-state index is 0.0649. The molecular formula is C12H17BrN4OS. The van der Waals surface area contributed by atoms with Crippen LogP contribution in [0.1, 0.15) is 5.69 Å². The van der Waals surface area contributed by atoms with E-state index >= 15 is 0 Å². The van der Waals surface area contributed by atoms with Crippen molar-refractivity contribution in [3.05, 3.63) is 28.5 Å². The molecule has 5 nitrogen and oxygen atoms in total. The summed E-state index contributed by atoms with van der Waals surface area (Å²) in [6.45, 7) is 3.22. The summed E-state index contributed by atoms with van der Waals surface area (Å²) in [7, 11) is 0. The first kappa shape index (κ1) is 14.6. The lowest BCUT2D eigenvalue weighted by molar-refractivity contribution is 0.0132. The minimum atomic E-state index is 0.0649. The van der Waals surface area contributed by atoms with Crippen LogP contribution in [0, 0.1) is 0 Å². The van der Waals surface area contributed by atoms with Crippen molar-refractivity contribution in [3.63, 3.8) is 0 Å². The average Bonchev–Trinajstić information content (AvgIpc) is 2.41. The highest BCUT2D eigenvalue weighted by atomic mass is 79.9. The van der Waals surface area contributed by atoms with E-state index in [1.54, 1.807) is 6.20 Å². The maximum absolute atomic E-state index is 5.61. The van der Waals surface area contributed by atoms with Gasteiger partial charge in [-0.1, -0.05) is 0 Å². The van der Waals surface area contributed by atoms with Crippen molar-refractivity contribution in [2.45, 2.75) is 12.6 Å². The van der Waals surface area contributed by atoms with Crippen LogP contribution in [0.4, 0.5) is 0 Å². The van der Waals surface area contributed by atoms with Crippen molar-refractivity contribution >= 4 is 33.3 Å². The molecule has 3 N–H and O–H groups in total. The third kappa shape index (κ3) is 4.68. The van der Waals surface area contributed by atoms with Gasteiger partial charge in [-0.25, -0.2) is 0 Å². The van der Waals surface area contributed by atoms with Crippen LogP contribution in [0.15, 0.2) is 22.8 Å². The van der Waals surface area contributed by atoms with Gasteiger partial charge in [0.25, 0.3) is 0 Å². The van der Waals surface area contributed by atoms with Crippen LogP contribution < -0.4 is 11.1 Å². The topological polar surface area (TPSA) is 63.4 Å². The molecule has 1 unspecified atom stereocenters. The Bertz CT molecular complexity index is 422. The minimum Gasteiger partial charge on any atom is -0.379 e. The fourth-order valence-electron chi connectivity index (χ4n) is 2.05. The number of hydrogen-bond donors (Lipinski definition) is 2. The van der Waals surface area contributed by atoms with Crippen LogP contribution in [0.3, 0.4) is 0 Å². The molecule has 1 aromatic heterocycles. The van der Waals surface area contributed by atoms with E-state index < -0.39 is 0 Å². The monoisotopic (exact) mass is 344 g/mol. The Balaban J connectivity index is 2.03. The molecule has 0 radical (unpaired) electrons. The molecule has 0 aliphatic carbocycles. The van der Waals surface area contributed by atoms with Crippen molar-refractivity contribution < 1.29 is 4.74 Å². The lowest BCUT2D eigenvalue weighted by atomic mass is 10.2. The summed E-state index contributed by atoms with van der Waals surface area (Å²) in [5, 5.41) is 3.45. The maximum atomic E-state index is 5.61. The molecule has 2 heterocycles. The fourth-order valence-corrected chi connectivity index (χ4v) is 2.42. The number of nitrogens with zero attached hydrogens (tertiary/aromatic N) is 2. The van der Waals surface area contributed by atoms with Crippen LogP contribution in [0.2, 0.25) is 0 Å². The van der Waals surface area contributed by atoms with Crippen LogP contribution in [-0.2, 0) is 11.2 Å². The van der Waals surface area contributed by atoms with Gasteiger partial charge >= 0.3 is 0 Å². The summed E-state index contributed by atoms with van der Waals surface area (Å²) in [6.07, 6.45) is 2.62. The van der Waals surface area contributed by atoms with Crippen LogP contribution >= 0.6 is 28.1 Å². The molecule has 19 heavy (non-hydrogen) atoms. The van der Waals surface area contributed by atoms with Crippen LogP contribution in [0.5, 0.6) is 0 Å². The van der Waals surface area contributed by atoms with Gasteiger partial charge in [0.2, 0.25) is 0 Å². The number of hydrogen-bond acceptors (Lipinski definition) is 4. The molecule has 1 aliphatic heterocycles. The van der Waals surface area contributed by atoms with E-state index in [2.05, 4.69) is 31.1 Å². The van der Waals surface area contributed by atoms with Crippen molar-refractivity contribution in [3.8, 4) is 0 Å². The van der Waals surface area contributed by atoms with Crippen LogP contribution in [-0.4, -0.2) is 47.5 Å². The third-order valence-corrected chi connectivity index (χ3v) is 3.57. The molecule has 1 aliphatic rings. The van der Waals surface area contributed by atoms with Crippen molar-refractivity contribution in [1.29, 1.82) is 0 Å². The van der Waals surface area contributed by atoms with Gasteiger partial charge < -0.3 is 15.8 Å². The number of ether oxygens (including phenoxy) is 1. The average molecular weight is 345 g/mol. The summed E-state index contributed by atoms with van der Waals surface area (Å²) in [6, 6.07) is 3.98. The molecule has 0 spiro atoms. The number of halogens is 1. The number of morpholine rings is 1. The molecule has 0 bridgehead atoms. The zero-order valence-electron chi connectivity index (χ0n) is 10.5. The predicted octanol–water partition coefficient (Wildman–Crippen LogP) is 0.878. The summed E-state index contributed by atoms with van der Waals surface area (Å²) in [5.74, 6) is 0. The second kappa shape index (κ2) is 7.14. The first-order valence-corrected chi connectivity index (χ1v) is 7.33. The number of aromatic nitrogens is 1. The highest BCUT2D eigenvalue weighted by molar-refractivity contribution is 9.10. The van der Waals surface area contributed by atoms with Gasteiger partial charge in [0.15, 0.2) is 5.11 Å². The lowest BCUT2D eigenvalue weighted by Gasteiger charge is -2.34. The SMILES string of the molecule is NC(=S)NC(Cc1ccc(Br)cn1)N1CCOCC1. The molecule has 104 valence electrons. The highest BCUT2D eigenvalue weighted by Crippen LogP contribution is 2.11. The van der Waals surface area contributed by atoms with Crippen molar-refractivity contribution in [2.24, 2.45) is 5.73 Å². The first-order valence-electron chi connectivity index (χ1n) is 6.13. The smallest absolute Gasteiger partial charge is 0.164 e. The molecule has 0 saturated carbocycles. The zero-order chi connectivity index (χ0) is 13.7. The third-order valence-electron chi connectivity index (χ3n) is 2.99. The van der Waals surface area contributed by atoms with E-state index in [9.17, 15) is 0 Å². The van der Waals surface area contributed by atoms with Gasteiger partial charge in [-0.2, -0.15) is 0 Å². The Hall–Kier alpha value is -0.760. The Morgan fingerprint density at radius 2 is 2.26 bits per heavy atom. The largest absolute Gasteiger partial charge is 0.379 e. The standard InChI is InChI=1S/C12H17BrN4OS/c13-9-1-2-10(15-8-9)7-11(16-12(14)19)17-3-5-18-6-4-17/h1-2,8,11H,3-7H2,(H3,14,16,19). The summed E-state index contributed by atoms with van der Waals surface area (Å²) < 4.78 is 6.34. The molecule has 1 aromatic rings. The number of nitrogens with one attached hydrogen (secondary N) is 1. The normalized spacial score (nSPS) is 17.9. The summed E-state index contributed by atoms with van der Waals surface area (Å²) in [4.78, 5) is 6.68. The fraction of sp³-hybridized carbons (Fsp3) is 0.500. The number of rotatable bonds is 4. The van der Waals surface area contributed by atoms with Gasteiger partial charge in [0, 0.05) is 35.9 Å². The lowest BCUT2D eigenvalue weighted by Crippen LogP contribution is -2.54. The highest BCUT2D eigenvalue weighted by Gasteiger charge is 2.21. The summed E-state index contributed by atoms with van der Waals surface area (Å²) in [5.41, 5.74) is 6.62. The Morgan fingerprint density at radius 1 is 1.53 bits per heavy atom. The maximum Gasteiger partial charge on any atom is 0.164 e. The van der Waals surface area contributed by atoms with E-state index in [0.29, 0.717) is 5.11 Å². The van der Waals surface area contributed by atoms with E-state index in [4.69, 9.17) is 22.7 Å². The number of pyridine rings is 1. The van der Waals surface area contributed by atoms with Gasteiger partial charge in [0.1, 0.15) is 0 Å². The first-order chi connectivity index (χ1) is 9.15. The molecule has 1 fully saturated rings. The molecule has 7 heteroatoms. The number of thiocarbonyl (C=S) groups is 1. The van der Waals surface area contributed by atoms with E-state index in [1.807, 2.05) is 12.1 Å². The van der Waals surface area contributed by atoms with Crippen molar-refractivity contribution in [1.82, 2.24) is 15.2 Å². The van der Waals surface area contributed by atoms with E-state index in [-0.39, 0.29) is 6.17 Å².